The lowest BCUT2D eigenvalue weighted by Gasteiger charge is -2.17. The molecule has 2 aromatic carbocycles. The van der Waals surface area contributed by atoms with Crippen molar-refractivity contribution in [1.29, 1.82) is 0 Å². The molecule has 2 aromatic rings. The van der Waals surface area contributed by atoms with E-state index in [2.05, 4.69) is 17.6 Å². The lowest BCUT2D eigenvalue weighted by Crippen LogP contribution is -2.88. The van der Waals surface area contributed by atoms with Gasteiger partial charge in [0.1, 0.15) is 11.9 Å². The van der Waals surface area contributed by atoms with Crippen LogP contribution in [0.4, 0.5) is 9.18 Å². The van der Waals surface area contributed by atoms with Crippen molar-refractivity contribution in [2.75, 3.05) is 13.6 Å². The number of quaternary nitrogens is 1. The number of rotatable bonds is 6. The molecule has 0 bridgehead atoms. The Morgan fingerprint density at radius 1 is 1.12 bits per heavy atom. The molecule has 0 heterocycles. The molecule has 6 heteroatoms. The molecule has 0 saturated heterocycles. The number of urea groups is 1. The Balaban J connectivity index is 2.20. The number of hydrogen-bond acceptors (Lipinski definition) is 2. The number of benzene rings is 2. The van der Waals surface area contributed by atoms with E-state index in [4.69, 9.17) is 0 Å². The van der Waals surface area contributed by atoms with Crippen LogP contribution in [0, 0.1) is 5.82 Å². The van der Waals surface area contributed by atoms with E-state index in [0.717, 1.165) is 17.5 Å². The highest BCUT2D eigenvalue weighted by Crippen LogP contribution is 2.20. The number of carbonyl (C=O) groups is 2. The molecule has 5 nitrogen and oxygen atoms in total. The van der Waals surface area contributed by atoms with Gasteiger partial charge in [0.05, 0.1) is 0 Å². The van der Waals surface area contributed by atoms with E-state index < -0.39 is 11.9 Å². The van der Waals surface area contributed by atoms with Gasteiger partial charge in [-0.1, -0.05) is 43.3 Å². The van der Waals surface area contributed by atoms with Crippen LogP contribution >= 0.6 is 0 Å². The molecule has 25 heavy (non-hydrogen) atoms. The number of hydrogen-bond donors (Lipinski definition) is 3. The van der Waals surface area contributed by atoms with Crippen molar-refractivity contribution in [3.8, 4) is 0 Å². The Labute approximate surface area is 146 Å². The minimum atomic E-state index is -0.548. The maximum absolute atomic E-state index is 13.6. The molecule has 132 valence electrons. The molecule has 0 spiro atoms. The molecule has 0 aliphatic rings. The van der Waals surface area contributed by atoms with Crippen LogP contribution in [0.3, 0.4) is 0 Å². The first-order valence-electron chi connectivity index (χ1n) is 8.22. The van der Waals surface area contributed by atoms with E-state index >= 15 is 0 Å². The quantitative estimate of drug-likeness (QED) is 0.743. The first-order chi connectivity index (χ1) is 12.0. The lowest BCUT2D eigenvalue weighted by atomic mass is 9.97. The third kappa shape index (κ3) is 5.39. The van der Waals surface area contributed by atoms with Gasteiger partial charge in [0, 0.05) is 18.2 Å². The zero-order valence-electron chi connectivity index (χ0n) is 14.4. The van der Waals surface area contributed by atoms with E-state index in [1.807, 2.05) is 30.3 Å². The van der Waals surface area contributed by atoms with Crippen LogP contribution < -0.4 is 16.0 Å². The second-order valence-electron chi connectivity index (χ2n) is 5.69. The van der Waals surface area contributed by atoms with Gasteiger partial charge in [-0.05, 0) is 24.1 Å². The molecule has 1 atom stereocenters. The van der Waals surface area contributed by atoms with Gasteiger partial charge in [-0.3, -0.25) is 10.1 Å². The summed E-state index contributed by atoms with van der Waals surface area (Å²) in [5.74, 6) is -0.734. The SMILES string of the molecule is CCc1ccc([C@@H]([NH2+]CC(=O)NC(=O)NC)c2cccc(F)c2)cc1. The summed E-state index contributed by atoms with van der Waals surface area (Å²) in [6.07, 6.45) is 0.934. The van der Waals surface area contributed by atoms with Gasteiger partial charge in [-0.15, -0.1) is 0 Å². The van der Waals surface area contributed by atoms with Gasteiger partial charge in [0.2, 0.25) is 0 Å². The highest BCUT2D eigenvalue weighted by atomic mass is 19.1. The summed E-state index contributed by atoms with van der Waals surface area (Å²) in [6, 6.07) is 13.6. The molecule has 0 saturated carbocycles. The summed E-state index contributed by atoms with van der Waals surface area (Å²) in [5, 5.41) is 6.34. The van der Waals surface area contributed by atoms with Crippen LogP contribution in [0.25, 0.3) is 0 Å². The maximum atomic E-state index is 13.6. The molecule has 0 aliphatic heterocycles. The topological polar surface area (TPSA) is 74.8 Å². The fourth-order valence-electron chi connectivity index (χ4n) is 2.59. The summed E-state index contributed by atoms with van der Waals surface area (Å²) < 4.78 is 13.6. The Hall–Kier alpha value is -2.73. The Morgan fingerprint density at radius 3 is 2.44 bits per heavy atom. The second kappa shape index (κ2) is 8.94. The van der Waals surface area contributed by atoms with Crippen LogP contribution in [0.5, 0.6) is 0 Å². The first kappa shape index (κ1) is 18.6. The number of nitrogens with two attached hydrogens (primary N) is 1. The molecule has 0 fully saturated rings. The summed E-state index contributed by atoms with van der Waals surface area (Å²) in [7, 11) is 1.44. The first-order valence-corrected chi connectivity index (χ1v) is 8.22. The second-order valence-corrected chi connectivity index (χ2v) is 5.69. The third-order valence-electron chi connectivity index (χ3n) is 3.97. The Morgan fingerprint density at radius 2 is 1.84 bits per heavy atom. The number of aryl methyl sites for hydroxylation is 1. The van der Waals surface area contributed by atoms with Crippen LogP contribution in [0.2, 0.25) is 0 Å². The minimum Gasteiger partial charge on any atom is -0.341 e. The summed E-state index contributed by atoms with van der Waals surface area (Å²) >= 11 is 0. The Bertz CT molecular complexity index is 732. The average molecular weight is 344 g/mol. The zero-order chi connectivity index (χ0) is 18.2. The van der Waals surface area contributed by atoms with Crippen LogP contribution in [0.15, 0.2) is 48.5 Å². The number of carbonyl (C=O) groups excluding carboxylic acids is 2. The van der Waals surface area contributed by atoms with Crippen LogP contribution in [-0.4, -0.2) is 25.5 Å². The van der Waals surface area contributed by atoms with Gasteiger partial charge in [-0.2, -0.15) is 0 Å². The van der Waals surface area contributed by atoms with Gasteiger partial charge >= 0.3 is 6.03 Å². The van der Waals surface area contributed by atoms with Gasteiger partial charge < -0.3 is 10.6 Å². The van der Waals surface area contributed by atoms with E-state index in [1.165, 1.54) is 24.7 Å². The number of amides is 3. The van der Waals surface area contributed by atoms with Gasteiger partial charge in [0.25, 0.3) is 5.91 Å². The van der Waals surface area contributed by atoms with Gasteiger partial charge in [0.15, 0.2) is 6.54 Å². The van der Waals surface area contributed by atoms with Crippen LogP contribution in [-0.2, 0) is 11.2 Å². The van der Waals surface area contributed by atoms with Crippen molar-refractivity contribution >= 4 is 11.9 Å². The standard InChI is InChI=1S/C19H22FN3O2/c1-3-13-7-9-14(10-8-13)18(15-5-4-6-16(20)11-15)22-12-17(24)23-19(25)21-2/h4-11,18,22H,3,12H2,1-2H3,(H2,21,23,24,25)/p+1/t18-/m1/s1. The number of imide groups is 1. The highest BCUT2D eigenvalue weighted by Gasteiger charge is 2.20. The highest BCUT2D eigenvalue weighted by molar-refractivity contribution is 5.94. The fraction of sp³-hybridized carbons (Fsp3) is 0.263. The summed E-state index contributed by atoms with van der Waals surface area (Å²) in [5.41, 5.74) is 2.94. The van der Waals surface area contributed by atoms with Crippen molar-refractivity contribution in [3.63, 3.8) is 0 Å². The fourth-order valence-corrected chi connectivity index (χ4v) is 2.59. The predicted molar refractivity (Wildman–Crippen MR) is 93.5 cm³/mol. The summed E-state index contributed by atoms with van der Waals surface area (Å²) in [6.45, 7) is 2.12. The third-order valence-corrected chi connectivity index (χ3v) is 3.97. The Kier molecular flexibility index (Phi) is 6.65. The summed E-state index contributed by atoms with van der Waals surface area (Å²) in [4.78, 5) is 23.1. The number of halogens is 1. The van der Waals surface area contributed by atoms with E-state index in [1.54, 1.807) is 11.4 Å². The van der Waals surface area contributed by atoms with Gasteiger partial charge in [-0.25, -0.2) is 9.18 Å². The van der Waals surface area contributed by atoms with Crippen LogP contribution in [0.1, 0.15) is 29.7 Å². The van der Waals surface area contributed by atoms with E-state index in [-0.39, 0.29) is 18.4 Å². The smallest absolute Gasteiger partial charge is 0.321 e. The lowest BCUT2D eigenvalue weighted by molar-refractivity contribution is -0.676. The maximum Gasteiger partial charge on any atom is 0.321 e. The molecular formula is C19H23FN3O2+. The largest absolute Gasteiger partial charge is 0.341 e. The normalized spacial score (nSPS) is 11.6. The van der Waals surface area contributed by atoms with E-state index in [0.29, 0.717) is 0 Å². The van der Waals surface area contributed by atoms with Crippen molar-refractivity contribution in [1.82, 2.24) is 10.6 Å². The van der Waals surface area contributed by atoms with Crippen molar-refractivity contribution < 1.29 is 19.3 Å². The molecular weight excluding hydrogens is 321 g/mol. The van der Waals surface area contributed by atoms with Crippen molar-refractivity contribution in [2.45, 2.75) is 19.4 Å². The monoisotopic (exact) mass is 344 g/mol. The number of nitrogens with one attached hydrogen (secondary N) is 2. The molecule has 4 N–H and O–H groups in total. The molecule has 0 aromatic heterocycles. The predicted octanol–water partition coefficient (Wildman–Crippen LogP) is 1.50. The minimum absolute atomic E-state index is 0.0458. The molecule has 2 rings (SSSR count). The molecule has 0 unspecified atom stereocenters. The van der Waals surface area contributed by atoms with Crippen molar-refractivity contribution in [3.05, 3.63) is 71.0 Å². The molecule has 0 radical (unpaired) electrons. The average Bonchev–Trinajstić information content (AvgIpc) is 2.62. The molecule has 0 aliphatic carbocycles. The zero-order valence-corrected chi connectivity index (χ0v) is 14.4. The van der Waals surface area contributed by atoms with Crippen molar-refractivity contribution in [2.24, 2.45) is 0 Å². The van der Waals surface area contributed by atoms with E-state index in [9.17, 15) is 14.0 Å². The molecule has 3 amide bonds.